The Kier molecular flexibility index (Phi) is 9.33. The molecule has 2 aromatic carbocycles. The number of carbonyl (C=O) groups is 2. The fourth-order valence-corrected chi connectivity index (χ4v) is 5.45. The summed E-state index contributed by atoms with van der Waals surface area (Å²) >= 11 is 0. The highest BCUT2D eigenvalue weighted by Gasteiger charge is 2.50. The number of hydrogen-bond donors (Lipinski definition) is 1. The first-order valence-electron chi connectivity index (χ1n) is 14.6. The normalized spacial score (nSPS) is 23.0. The lowest BCUT2D eigenvalue weighted by molar-refractivity contribution is -0.126. The van der Waals surface area contributed by atoms with Crippen LogP contribution in [0.25, 0.3) is 0 Å². The van der Waals surface area contributed by atoms with Crippen molar-refractivity contribution in [2.24, 2.45) is 4.99 Å². The Labute approximate surface area is 245 Å². The van der Waals surface area contributed by atoms with Gasteiger partial charge in [-0.3, -0.25) is 14.5 Å². The van der Waals surface area contributed by atoms with Gasteiger partial charge in [-0.1, -0.05) is 32.1 Å². The van der Waals surface area contributed by atoms with E-state index >= 15 is 0 Å². The number of amides is 1. The second-order valence-electron chi connectivity index (χ2n) is 10.9. The largest absolute Gasteiger partial charge is 0.484 e. The highest BCUT2D eigenvalue weighted by Crippen LogP contribution is 2.37. The van der Waals surface area contributed by atoms with Gasteiger partial charge >= 0.3 is 0 Å². The summed E-state index contributed by atoms with van der Waals surface area (Å²) in [5.41, 5.74) is 2.42. The maximum absolute atomic E-state index is 13.8. The number of hydrogen-bond acceptors (Lipinski definition) is 7. The second kappa shape index (κ2) is 12.7. The number of nitrogens with one attached hydrogen (secondary N) is 1. The van der Waals surface area contributed by atoms with Gasteiger partial charge in [0.25, 0.3) is 5.91 Å². The number of piperazine rings is 1. The van der Waals surface area contributed by atoms with E-state index in [0.717, 1.165) is 37.4 Å². The first kappa shape index (κ1) is 30.1. The molecule has 0 aromatic heterocycles. The Bertz CT molecular complexity index is 1340. The van der Waals surface area contributed by atoms with Gasteiger partial charge in [-0.2, -0.15) is 0 Å². The number of likely N-dealkylation sites (N-methyl/N-ethyl adjacent to an activating group) is 1. The fourth-order valence-electron chi connectivity index (χ4n) is 5.45. The quantitative estimate of drug-likeness (QED) is 0.511. The fraction of sp³-hybridized carbons (Fsp3) is 0.424. The molecule has 8 heteroatoms. The molecule has 0 aliphatic carbocycles. The van der Waals surface area contributed by atoms with Gasteiger partial charge < -0.3 is 19.9 Å². The van der Waals surface area contributed by atoms with E-state index in [2.05, 4.69) is 46.4 Å². The number of ether oxygens (including phenoxy) is 1. The number of aliphatic imine (C=N–C) groups is 1. The monoisotopic (exact) mass is 559 g/mol. The van der Waals surface area contributed by atoms with Crippen LogP contribution in [0.5, 0.6) is 5.75 Å². The lowest BCUT2D eigenvalue weighted by Crippen LogP contribution is -2.63. The van der Waals surface area contributed by atoms with Gasteiger partial charge in [0.15, 0.2) is 5.78 Å². The van der Waals surface area contributed by atoms with Crippen LogP contribution in [0.15, 0.2) is 77.3 Å². The number of carbonyl (C=O) groups excluding carboxylic acids is 2. The molecule has 2 unspecified atom stereocenters. The van der Waals surface area contributed by atoms with E-state index in [1.807, 2.05) is 53.7 Å². The van der Waals surface area contributed by atoms with Gasteiger partial charge in [0.05, 0.1) is 5.56 Å². The molecule has 220 valence electrons. The maximum Gasteiger partial charge on any atom is 0.253 e. The molecule has 1 amide bonds. The van der Waals surface area contributed by atoms with Crippen molar-refractivity contribution in [3.63, 3.8) is 0 Å². The molecule has 1 fully saturated rings. The predicted molar refractivity (Wildman–Crippen MR) is 169 cm³/mol. The molecule has 3 aliphatic heterocycles. The molecular weight excluding hydrogens is 514 g/mol. The Hall–Kier alpha value is -3.91. The minimum Gasteiger partial charge on any atom is -0.484 e. The van der Waals surface area contributed by atoms with Crippen molar-refractivity contribution < 1.29 is 15.8 Å². The lowest BCUT2D eigenvalue weighted by atomic mass is 9.85. The van der Waals surface area contributed by atoms with Crippen molar-refractivity contribution in [1.82, 2.24) is 9.80 Å². The number of anilines is 2. The third kappa shape index (κ3) is 6.38. The first-order valence-corrected chi connectivity index (χ1v) is 14.6. The number of amidine groups is 1. The van der Waals surface area contributed by atoms with Crippen molar-refractivity contribution in [3.05, 3.63) is 77.9 Å². The van der Waals surface area contributed by atoms with Crippen LogP contribution in [0.1, 0.15) is 53.3 Å². The molecule has 8 nitrogen and oxygen atoms in total. The van der Waals surface area contributed by atoms with Crippen LogP contribution in [0.3, 0.4) is 0 Å². The van der Waals surface area contributed by atoms with Gasteiger partial charge in [-0.25, -0.2) is 4.99 Å². The van der Waals surface area contributed by atoms with E-state index in [1.165, 1.54) is 16.7 Å². The molecule has 3 aliphatic rings. The highest BCUT2D eigenvalue weighted by atomic mass is 16.5. The van der Waals surface area contributed by atoms with Crippen molar-refractivity contribution >= 4 is 28.9 Å². The number of benzene rings is 2. The minimum absolute atomic E-state index is 0. The number of allylic oxidation sites excluding steroid dienone is 1. The van der Waals surface area contributed by atoms with Gasteiger partial charge in [-0.15, -0.1) is 0 Å². The van der Waals surface area contributed by atoms with Crippen LogP contribution in [0, 0.1) is 0 Å². The number of para-hydroxylation sites is 1. The smallest absolute Gasteiger partial charge is 0.253 e. The average Bonchev–Trinajstić information content (AvgIpc) is 2.96. The molecule has 41 heavy (non-hydrogen) atoms. The molecule has 1 saturated heterocycles. The summed E-state index contributed by atoms with van der Waals surface area (Å²) in [4.78, 5) is 38.3. The first-order chi connectivity index (χ1) is 19.7. The van der Waals surface area contributed by atoms with Crippen molar-refractivity contribution in [1.29, 1.82) is 0 Å². The van der Waals surface area contributed by atoms with Crippen molar-refractivity contribution in [2.45, 2.75) is 59.4 Å². The highest BCUT2D eigenvalue weighted by molar-refractivity contribution is 6.19. The van der Waals surface area contributed by atoms with Crippen LogP contribution in [0.4, 0.5) is 11.4 Å². The van der Waals surface area contributed by atoms with E-state index in [9.17, 15) is 9.59 Å². The number of rotatable bonds is 5. The predicted octanol–water partition coefficient (Wildman–Crippen LogP) is 5.63. The molecule has 3 heterocycles. The number of fused-ring (bicyclic) bond motifs is 1. The zero-order valence-corrected chi connectivity index (χ0v) is 25.3. The van der Waals surface area contributed by atoms with Crippen LogP contribution in [-0.4, -0.2) is 78.4 Å². The molecule has 0 saturated carbocycles. The number of nitrogens with zero attached hydrogens (tertiary/aromatic N) is 4. The van der Waals surface area contributed by atoms with Crippen LogP contribution >= 0.6 is 0 Å². The summed E-state index contributed by atoms with van der Waals surface area (Å²) < 4.78 is 6.25. The SMILES string of the molecule is C/C=C1/C=CC(=O)N(C2C(=O)c3ccccc3OC2(C)C)/C1=N/C(C)Nc1ccc(N2CCN(C)CC2)cc1.CC.[HH]. The van der Waals surface area contributed by atoms with Crippen LogP contribution < -0.4 is 15.0 Å². The van der Waals surface area contributed by atoms with Crippen LogP contribution in [-0.2, 0) is 4.79 Å². The molecule has 0 radical (unpaired) electrons. The Morgan fingerprint density at radius 1 is 1.02 bits per heavy atom. The molecule has 2 aromatic rings. The van der Waals surface area contributed by atoms with Gasteiger partial charge in [0.1, 0.15) is 29.4 Å². The van der Waals surface area contributed by atoms with E-state index < -0.39 is 11.6 Å². The molecule has 1 N–H and O–H groups in total. The number of ketones is 1. The summed E-state index contributed by atoms with van der Waals surface area (Å²) in [5.74, 6) is 0.531. The molecule has 0 bridgehead atoms. The third-order valence-electron chi connectivity index (χ3n) is 7.56. The van der Waals surface area contributed by atoms with Crippen molar-refractivity contribution in [3.8, 4) is 5.75 Å². The zero-order chi connectivity index (χ0) is 29.7. The van der Waals surface area contributed by atoms with E-state index in [0.29, 0.717) is 17.1 Å². The lowest BCUT2D eigenvalue weighted by Gasteiger charge is -2.45. The third-order valence-corrected chi connectivity index (χ3v) is 7.56. The van der Waals surface area contributed by atoms with Gasteiger partial charge in [0, 0.05) is 50.6 Å². The Morgan fingerprint density at radius 2 is 1.68 bits per heavy atom. The zero-order valence-electron chi connectivity index (χ0n) is 25.3. The summed E-state index contributed by atoms with van der Waals surface area (Å²) in [5, 5.41) is 3.44. The average molecular weight is 560 g/mol. The Balaban J connectivity index is 0.00000158. The Morgan fingerprint density at radius 3 is 2.34 bits per heavy atom. The van der Waals surface area contributed by atoms with E-state index in [-0.39, 0.29) is 19.3 Å². The molecule has 5 rings (SSSR count). The molecule has 0 spiro atoms. The van der Waals surface area contributed by atoms with Crippen LogP contribution in [0.2, 0.25) is 0 Å². The summed E-state index contributed by atoms with van der Waals surface area (Å²) in [7, 11) is 2.15. The summed E-state index contributed by atoms with van der Waals surface area (Å²) in [6.07, 6.45) is 4.79. The number of Topliss-reactive ketones (excluding diaryl/α,β-unsaturated/α-hetero) is 1. The second-order valence-corrected chi connectivity index (χ2v) is 10.9. The molecular formula is C33H45N5O3. The maximum atomic E-state index is 13.8. The summed E-state index contributed by atoms with van der Waals surface area (Å²) in [6, 6.07) is 14.7. The van der Waals surface area contributed by atoms with Gasteiger partial charge in [0.2, 0.25) is 0 Å². The molecule has 2 atom stereocenters. The van der Waals surface area contributed by atoms with Gasteiger partial charge in [-0.05, 0) is 77.2 Å². The summed E-state index contributed by atoms with van der Waals surface area (Å²) in [6.45, 7) is 15.7. The van der Waals surface area contributed by atoms with E-state index in [4.69, 9.17) is 9.73 Å². The van der Waals surface area contributed by atoms with Crippen molar-refractivity contribution in [2.75, 3.05) is 43.4 Å². The van der Waals surface area contributed by atoms with E-state index in [1.54, 1.807) is 24.3 Å². The standard InChI is InChI=1S/C31H37N5O3.C2H6.H2/c1-6-22-11-16-27(37)36(29-28(38)25-9-7-8-10-26(25)39-31(29,3)4)30(22)33-21(2)32-23-12-14-24(15-13-23)35-19-17-34(5)18-20-35;1-2;/h6-16,21,29,32H,17-20H2,1-5H3;1-2H3;1H/b22-6-,33-30+;;. The topological polar surface area (TPSA) is 77.5 Å². The minimum atomic E-state index is -0.957.